The summed E-state index contributed by atoms with van der Waals surface area (Å²) in [6, 6.07) is 3.28. The van der Waals surface area contributed by atoms with E-state index in [1.54, 1.807) is 12.1 Å². The molecule has 2 aromatic heterocycles. The Hall–Kier alpha value is -2.77. The Morgan fingerprint density at radius 2 is 2.15 bits per heavy atom. The van der Waals surface area contributed by atoms with Crippen molar-refractivity contribution in [2.45, 2.75) is 6.92 Å². The van der Waals surface area contributed by atoms with E-state index in [-0.39, 0.29) is 11.4 Å². The Labute approximate surface area is 115 Å². The van der Waals surface area contributed by atoms with Crippen LogP contribution in [-0.2, 0) is 0 Å². The second kappa shape index (κ2) is 5.91. The van der Waals surface area contributed by atoms with E-state index in [0.717, 1.165) is 0 Å². The van der Waals surface area contributed by atoms with Crippen LogP contribution in [0.4, 0.5) is 11.6 Å². The Morgan fingerprint density at radius 1 is 1.35 bits per heavy atom. The number of rotatable bonds is 5. The predicted molar refractivity (Wildman–Crippen MR) is 72.6 cm³/mol. The third-order valence-electron chi connectivity index (χ3n) is 2.52. The van der Waals surface area contributed by atoms with E-state index >= 15 is 0 Å². The van der Waals surface area contributed by atoms with Gasteiger partial charge in [0.15, 0.2) is 5.69 Å². The van der Waals surface area contributed by atoms with Crippen molar-refractivity contribution in [1.82, 2.24) is 15.0 Å². The van der Waals surface area contributed by atoms with E-state index in [1.807, 2.05) is 6.92 Å². The van der Waals surface area contributed by atoms with Crippen molar-refractivity contribution in [3.63, 3.8) is 0 Å². The lowest BCUT2D eigenvalue weighted by Crippen LogP contribution is -2.05. The monoisotopic (exact) mass is 275 g/mol. The summed E-state index contributed by atoms with van der Waals surface area (Å²) in [4.78, 5) is 22.6. The summed E-state index contributed by atoms with van der Waals surface area (Å²) in [7, 11) is 1.50. The van der Waals surface area contributed by atoms with Gasteiger partial charge in [-0.15, -0.1) is 0 Å². The largest absolute Gasteiger partial charge is 0.481 e. The highest BCUT2D eigenvalue weighted by molar-refractivity contribution is 5.69. The van der Waals surface area contributed by atoms with Gasteiger partial charge >= 0.3 is 5.69 Å². The number of hydrogen-bond donors (Lipinski definition) is 1. The number of methoxy groups -OCH3 is 1. The summed E-state index contributed by atoms with van der Waals surface area (Å²) in [5.41, 5.74) is 0.578. The van der Waals surface area contributed by atoms with Gasteiger partial charge in [0.05, 0.1) is 12.0 Å². The van der Waals surface area contributed by atoms with Gasteiger partial charge in [-0.25, -0.2) is 15.0 Å². The van der Waals surface area contributed by atoms with Crippen LogP contribution in [0.2, 0.25) is 0 Å². The highest BCUT2D eigenvalue weighted by Gasteiger charge is 2.19. The van der Waals surface area contributed by atoms with Crippen LogP contribution in [0.3, 0.4) is 0 Å². The zero-order chi connectivity index (χ0) is 14.5. The van der Waals surface area contributed by atoms with Gasteiger partial charge in [0.1, 0.15) is 6.20 Å². The lowest BCUT2D eigenvalue weighted by atomic mass is 10.2. The van der Waals surface area contributed by atoms with E-state index in [1.165, 1.54) is 19.5 Å². The molecule has 0 saturated carbocycles. The van der Waals surface area contributed by atoms with E-state index in [0.29, 0.717) is 23.9 Å². The second-order valence-corrected chi connectivity index (χ2v) is 3.80. The molecule has 0 radical (unpaired) electrons. The van der Waals surface area contributed by atoms with Crippen molar-refractivity contribution < 1.29 is 9.66 Å². The van der Waals surface area contributed by atoms with E-state index < -0.39 is 4.92 Å². The van der Waals surface area contributed by atoms with Gasteiger partial charge in [-0.05, 0) is 13.0 Å². The number of pyridine rings is 1. The molecule has 8 heteroatoms. The molecule has 2 rings (SSSR count). The Kier molecular flexibility index (Phi) is 4.04. The first-order valence-corrected chi connectivity index (χ1v) is 5.91. The molecule has 0 atom stereocenters. The van der Waals surface area contributed by atoms with Crippen LogP contribution < -0.4 is 10.1 Å². The fraction of sp³-hybridized carbons (Fsp3) is 0.250. The van der Waals surface area contributed by atoms with Crippen molar-refractivity contribution in [3.8, 4) is 17.1 Å². The number of nitro groups is 1. The zero-order valence-corrected chi connectivity index (χ0v) is 11.0. The molecule has 20 heavy (non-hydrogen) atoms. The molecule has 0 unspecified atom stereocenters. The van der Waals surface area contributed by atoms with Crippen LogP contribution in [-0.4, -0.2) is 33.5 Å². The topological polar surface area (TPSA) is 103 Å². The summed E-state index contributed by atoms with van der Waals surface area (Å²) in [5.74, 6) is 0.765. The molecule has 0 aliphatic rings. The summed E-state index contributed by atoms with van der Waals surface area (Å²) in [6.45, 7) is 2.51. The third-order valence-corrected chi connectivity index (χ3v) is 2.52. The van der Waals surface area contributed by atoms with Gasteiger partial charge in [-0.3, -0.25) is 10.1 Å². The molecular formula is C12H13N5O3. The average Bonchev–Trinajstić information content (AvgIpc) is 2.47. The van der Waals surface area contributed by atoms with E-state index in [4.69, 9.17) is 4.74 Å². The number of nitrogens with one attached hydrogen (secondary N) is 1. The lowest BCUT2D eigenvalue weighted by Gasteiger charge is -2.06. The van der Waals surface area contributed by atoms with Crippen LogP contribution >= 0.6 is 0 Å². The molecule has 0 fully saturated rings. The van der Waals surface area contributed by atoms with Gasteiger partial charge in [-0.2, -0.15) is 0 Å². The summed E-state index contributed by atoms with van der Waals surface area (Å²) in [6.07, 6.45) is 2.66. The van der Waals surface area contributed by atoms with Crippen LogP contribution in [0.1, 0.15) is 6.92 Å². The minimum Gasteiger partial charge on any atom is -0.481 e. The van der Waals surface area contributed by atoms with Crippen LogP contribution in [0.25, 0.3) is 11.3 Å². The standard InChI is InChI=1S/C12H13N5O3/c1-3-13-12-15-7-9(17(18)19)11(16-12)8-4-5-10(20-2)14-6-8/h4-7H,3H2,1-2H3,(H,13,15,16). The molecule has 104 valence electrons. The molecule has 0 amide bonds. The first-order valence-electron chi connectivity index (χ1n) is 5.91. The quantitative estimate of drug-likeness (QED) is 0.656. The molecule has 0 bridgehead atoms. The second-order valence-electron chi connectivity index (χ2n) is 3.80. The zero-order valence-electron chi connectivity index (χ0n) is 11.0. The van der Waals surface area contributed by atoms with Crippen molar-refractivity contribution >= 4 is 11.6 Å². The maximum Gasteiger partial charge on any atom is 0.313 e. The van der Waals surface area contributed by atoms with E-state index in [9.17, 15) is 10.1 Å². The van der Waals surface area contributed by atoms with Crippen LogP contribution in [0.5, 0.6) is 5.88 Å². The Bertz CT molecular complexity index is 615. The number of anilines is 1. The Balaban J connectivity index is 2.50. The smallest absolute Gasteiger partial charge is 0.313 e. The summed E-state index contributed by atoms with van der Waals surface area (Å²) < 4.78 is 4.95. The fourth-order valence-corrected chi connectivity index (χ4v) is 1.61. The van der Waals surface area contributed by atoms with Crippen LogP contribution in [0, 0.1) is 10.1 Å². The maximum absolute atomic E-state index is 11.0. The molecule has 0 spiro atoms. The normalized spacial score (nSPS) is 10.1. The third kappa shape index (κ3) is 2.79. The Morgan fingerprint density at radius 3 is 2.70 bits per heavy atom. The minimum absolute atomic E-state index is 0.168. The first-order chi connectivity index (χ1) is 9.65. The van der Waals surface area contributed by atoms with E-state index in [2.05, 4.69) is 20.3 Å². The average molecular weight is 275 g/mol. The molecule has 0 aliphatic heterocycles. The van der Waals surface area contributed by atoms with Gasteiger partial charge in [-0.1, -0.05) is 0 Å². The molecule has 8 nitrogen and oxygen atoms in total. The highest BCUT2D eigenvalue weighted by atomic mass is 16.6. The number of ether oxygens (including phenoxy) is 1. The molecule has 2 aromatic rings. The van der Waals surface area contributed by atoms with Gasteiger partial charge in [0, 0.05) is 24.4 Å². The van der Waals surface area contributed by atoms with Crippen molar-refractivity contribution in [2.24, 2.45) is 0 Å². The number of nitrogens with zero attached hydrogens (tertiary/aromatic N) is 4. The van der Waals surface area contributed by atoms with Gasteiger partial charge in [0.2, 0.25) is 11.8 Å². The predicted octanol–water partition coefficient (Wildman–Crippen LogP) is 1.89. The number of aromatic nitrogens is 3. The first kappa shape index (κ1) is 13.7. The van der Waals surface area contributed by atoms with Crippen molar-refractivity contribution in [3.05, 3.63) is 34.6 Å². The molecule has 0 aliphatic carbocycles. The molecular weight excluding hydrogens is 262 g/mol. The van der Waals surface area contributed by atoms with Crippen LogP contribution in [0.15, 0.2) is 24.5 Å². The molecule has 0 saturated heterocycles. The molecule has 2 heterocycles. The highest BCUT2D eigenvalue weighted by Crippen LogP contribution is 2.28. The molecule has 0 aromatic carbocycles. The minimum atomic E-state index is -0.519. The van der Waals surface area contributed by atoms with Gasteiger partial charge < -0.3 is 10.1 Å². The summed E-state index contributed by atoms with van der Waals surface area (Å²) in [5, 5.41) is 14.0. The SMILES string of the molecule is CCNc1ncc([N+](=O)[O-])c(-c2ccc(OC)nc2)n1. The van der Waals surface area contributed by atoms with Gasteiger partial charge in [0.25, 0.3) is 0 Å². The number of hydrogen-bond acceptors (Lipinski definition) is 7. The van der Waals surface area contributed by atoms with Crippen molar-refractivity contribution in [1.29, 1.82) is 0 Å². The lowest BCUT2D eigenvalue weighted by molar-refractivity contribution is -0.384. The fourth-order valence-electron chi connectivity index (χ4n) is 1.61. The summed E-state index contributed by atoms with van der Waals surface area (Å²) >= 11 is 0. The maximum atomic E-state index is 11.0. The van der Waals surface area contributed by atoms with Crippen molar-refractivity contribution in [2.75, 3.05) is 19.0 Å². The molecule has 1 N–H and O–H groups in total.